The van der Waals surface area contributed by atoms with Gasteiger partial charge >= 0.3 is 0 Å². The van der Waals surface area contributed by atoms with Crippen molar-refractivity contribution in [3.63, 3.8) is 0 Å². The van der Waals surface area contributed by atoms with Crippen LogP contribution in [0.1, 0.15) is 57.4 Å². The van der Waals surface area contributed by atoms with Crippen molar-refractivity contribution in [3.05, 3.63) is 22.4 Å². The van der Waals surface area contributed by atoms with Gasteiger partial charge in [-0.2, -0.15) is 0 Å². The summed E-state index contributed by atoms with van der Waals surface area (Å²) >= 11 is 1.86. The molecule has 1 aliphatic heterocycles. The fourth-order valence-corrected chi connectivity index (χ4v) is 4.50. The first-order chi connectivity index (χ1) is 13.3. The van der Waals surface area contributed by atoms with Crippen molar-refractivity contribution < 1.29 is 0 Å². The second-order valence-corrected chi connectivity index (χ2v) is 8.13. The number of rotatable bonds is 12. The quantitative estimate of drug-likeness (QED) is 0.188. The third-order valence-electron chi connectivity index (χ3n) is 5.31. The zero-order valence-electron chi connectivity index (χ0n) is 18.0. The van der Waals surface area contributed by atoms with Crippen LogP contribution in [0.15, 0.2) is 22.5 Å². The lowest BCUT2D eigenvalue weighted by molar-refractivity contribution is 0.255. The highest BCUT2D eigenvalue weighted by Gasteiger charge is 2.24. The molecule has 28 heavy (non-hydrogen) atoms. The molecule has 162 valence electrons. The SMILES string of the molecule is CCNC(=NCC(c1cccs1)N1CCCC1)NCCCCN(CC)CC.I. The molecule has 2 N–H and O–H groups in total. The number of nitrogens with zero attached hydrogens (tertiary/aromatic N) is 3. The molecule has 1 aliphatic rings. The summed E-state index contributed by atoms with van der Waals surface area (Å²) in [5.41, 5.74) is 0. The van der Waals surface area contributed by atoms with Gasteiger partial charge in [0.05, 0.1) is 12.6 Å². The lowest BCUT2D eigenvalue weighted by Crippen LogP contribution is -2.39. The lowest BCUT2D eigenvalue weighted by Gasteiger charge is -2.25. The molecule has 0 saturated carbocycles. The molecular formula is C21H40IN5S. The molecule has 0 bridgehead atoms. The summed E-state index contributed by atoms with van der Waals surface area (Å²) in [5.74, 6) is 0.959. The van der Waals surface area contributed by atoms with Crippen LogP contribution in [0.25, 0.3) is 0 Å². The van der Waals surface area contributed by atoms with E-state index in [2.05, 4.69) is 58.7 Å². The molecule has 0 amide bonds. The van der Waals surface area contributed by atoms with Gasteiger partial charge in [-0.05, 0) is 76.8 Å². The summed E-state index contributed by atoms with van der Waals surface area (Å²) in [4.78, 5) is 11.5. The van der Waals surface area contributed by atoms with Crippen LogP contribution in [0.3, 0.4) is 0 Å². The van der Waals surface area contributed by atoms with Crippen LogP contribution >= 0.6 is 35.3 Å². The number of guanidine groups is 1. The van der Waals surface area contributed by atoms with Crippen LogP contribution in [0, 0.1) is 0 Å². The number of hydrogen-bond donors (Lipinski definition) is 2. The second-order valence-electron chi connectivity index (χ2n) is 7.15. The van der Waals surface area contributed by atoms with E-state index in [-0.39, 0.29) is 24.0 Å². The van der Waals surface area contributed by atoms with Gasteiger partial charge in [0.15, 0.2) is 5.96 Å². The van der Waals surface area contributed by atoms with E-state index in [1.165, 1.54) is 50.2 Å². The highest BCUT2D eigenvalue weighted by atomic mass is 127. The van der Waals surface area contributed by atoms with Crippen molar-refractivity contribution in [2.24, 2.45) is 4.99 Å². The Kier molecular flexibility index (Phi) is 14.2. The molecule has 5 nitrogen and oxygen atoms in total. The van der Waals surface area contributed by atoms with Gasteiger partial charge in [-0.1, -0.05) is 19.9 Å². The first-order valence-electron chi connectivity index (χ1n) is 10.8. The number of halogens is 1. The van der Waals surface area contributed by atoms with Crippen LogP contribution in [-0.4, -0.2) is 68.1 Å². The number of hydrogen-bond acceptors (Lipinski definition) is 4. The maximum absolute atomic E-state index is 4.93. The van der Waals surface area contributed by atoms with Crippen molar-refractivity contribution in [1.29, 1.82) is 0 Å². The predicted octanol–water partition coefficient (Wildman–Crippen LogP) is 4.18. The Hall–Kier alpha value is -0.380. The summed E-state index contributed by atoms with van der Waals surface area (Å²) < 4.78 is 0. The summed E-state index contributed by atoms with van der Waals surface area (Å²) in [6, 6.07) is 4.84. The Bertz CT molecular complexity index is 513. The van der Waals surface area contributed by atoms with Crippen molar-refractivity contribution >= 4 is 41.3 Å². The molecule has 1 unspecified atom stereocenters. The van der Waals surface area contributed by atoms with Crippen LogP contribution in [0.4, 0.5) is 0 Å². The van der Waals surface area contributed by atoms with Gasteiger partial charge in [-0.15, -0.1) is 35.3 Å². The number of aliphatic imine (C=N–C) groups is 1. The Labute approximate surface area is 193 Å². The molecule has 0 aliphatic carbocycles. The minimum Gasteiger partial charge on any atom is -0.357 e. The molecule has 1 fully saturated rings. The smallest absolute Gasteiger partial charge is 0.191 e. The number of likely N-dealkylation sites (tertiary alicyclic amines) is 1. The molecular weight excluding hydrogens is 481 g/mol. The third-order valence-corrected chi connectivity index (χ3v) is 6.28. The van der Waals surface area contributed by atoms with Crippen molar-refractivity contribution in [1.82, 2.24) is 20.4 Å². The summed E-state index contributed by atoms with van der Waals surface area (Å²) in [6.07, 6.45) is 5.05. The Morgan fingerprint density at radius 2 is 1.93 bits per heavy atom. The first kappa shape index (κ1) is 25.7. The Morgan fingerprint density at radius 1 is 1.18 bits per heavy atom. The summed E-state index contributed by atoms with van der Waals surface area (Å²) in [7, 11) is 0. The van der Waals surface area contributed by atoms with Crippen LogP contribution in [0.5, 0.6) is 0 Å². The highest BCUT2D eigenvalue weighted by molar-refractivity contribution is 14.0. The average Bonchev–Trinajstić information content (AvgIpc) is 3.39. The maximum Gasteiger partial charge on any atom is 0.191 e. The zero-order valence-corrected chi connectivity index (χ0v) is 21.1. The minimum atomic E-state index is 0. The van der Waals surface area contributed by atoms with Gasteiger partial charge in [-0.3, -0.25) is 9.89 Å². The van der Waals surface area contributed by atoms with Gasteiger partial charge in [-0.25, -0.2) is 0 Å². The molecule has 2 heterocycles. The number of nitrogens with one attached hydrogen (secondary N) is 2. The molecule has 1 saturated heterocycles. The molecule has 1 aromatic rings. The highest BCUT2D eigenvalue weighted by Crippen LogP contribution is 2.28. The van der Waals surface area contributed by atoms with Crippen molar-refractivity contribution in [2.75, 3.05) is 52.4 Å². The van der Waals surface area contributed by atoms with Crippen molar-refractivity contribution in [2.45, 2.75) is 52.5 Å². The Morgan fingerprint density at radius 3 is 2.54 bits per heavy atom. The summed E-state index contributed by atoms with van der Waals surface area (Å²) in [5, 5.41) is 9.12. The van der Waals surface area contributed by atoms with Gasteiger partial charge in [0, 0.05) is 18.0 Å². The fourth-order valence-electron chi connectivity index (χ4n) is 3.65. The largest absolute Gasteiger partial charge is 0.357 e. The lowest BCUT2D eigenvalue weighted by atomic mass is 10.2. The zero-order chi connectivity index (χ0) is 19.3. The van der Waals surface area contributed by atoms with E-state index in [1.54, 1.807) is 0 Å². The topological polar surface area (TPSA) is 42.9 Å². The molecule has 1 atom stereocenters. The third kappa shape index (κ3) is 8.97. The van der Waals surface area contributed by atoms with Crippen LogP contribution in [0.2, 0.25) is 0 Å². The molecule has 2 rings (SSSR count). The second kappa shape index (κ2) is 15.5. The van der Waals surface area contributed by atoms with Gasteiger partial charge in [0.2, 0.25) is 0 Å². The molecule has 1 aromatic heterocycles. The summed E-state index contributed by atoms with van der Waals surface area (Å²) in [6.45, 7) is 15.2. The predicted molar refractivity (Wildman–Crippen MR) is 134 cm³/mol. The van der Waals surface area contributed by atoms with Gasteiger partial charge in [0.1, 0.15) is 0 Å². The molecule has 0 spiro atoms. The van der Waals surface area contributed by atoms with E-state index in [4.69, 9.17) is 4.99 Å². The van der Waals surface area contributed by atoms with E-state index < -0.39 is 0 Å². The van der Waals surface area contributed by atoms with E-state index in [1.807, 2.05) is 11.3 Å². The van der Waals surface area contributed by atoms with E-state index in [0.29, 0.717) is 6.04 Å². The van der Waals surface area contributed by atoms with Gasteiger partial charge in [0.25, 0.3) is 0 Å². The van der Waals surface area contributed by atoms with Crippen molar-refractivity contribution in [3.8, 4) is 0 Å². The van der Waals surface area contributed by atoms with Gasteiger partial charge < -0.3 is 15.5 Å². The van der Waals surface area contributed by atoms with E-state index in [0.717, 1.165) is 38.7 Å². The minimum absolute atomic E-state index is 0. The molecule has 7 heteroatoms. The number of thiophene rings is 1. The number of unbranched alkanes of at least 4 members (excludes halogenated alkanes) is 1. The standard InChI is InChI=1S/C21H39N5S.HI/c1-4-22-21(23-13-7-8-14-25(5-2)6-3)24-18-19(20-12-11-17-27-20)26-15-9-10-16-26;/h11-12,17,19H,4-10,13-16,18H2,1-3H3,(H2,22,23,24);1H. The first-order valence-corrected chi connectivity index (χ1v) is 11.7. The Balaban J connectivity index is 0.00000392. The normalized spacial score (nSPS) is 16.2. The monoisotopic (exact) mass is 521 g/mol. The van der Waals surface area contributed by atoms with E-state index >= 15 is 0 Å². The molecule has 0 radical (unpaired) electrons. The van der Waals surface area contributed by atoms with Crippen LogP contribution < -0.4 is 10.6 Å². The van der Waals surface area contributed by atoms with Crippen LogP contribution in [-0.2, 0) is 0 Å². The maximum atomic E-state index is 4.93. The fraction of sp³-hybridized carbons (Fsp3) is 0.762. The molecule has 0 aromatic carbocycles. The average molecular weight is 522 g/mol. The van der Waals surface area contributed by atoms with E-state index in [9.17, 15) is 0 Å².